The fourth-order valence-corrected chi connectivity index (χ4v) is 2.31. The van der Waals surface area contributed by atoms with Crippen LogP contribution in [0, 0.1) is 0 Å². The molecule has 0 aliphatic rings. The minimum Gasteiger partial charge on any atom is -0.497 e. The number of hydrogen-bond acceptors (Lipinski definition) is 3. The van der Waals surface area contributed by atoms with Gasteiger partial charge in [-0.25, -0.2) is 4.98 Å². The van der Waals surface area contributed by atoms with E-state index in [-0.39, 0.29) is 5.38 Å². The lowest BCUT2D eigenvalue weighted by Gasteiger charge is -2.26. The number of methoxy groups -OCH3 is 1. The number of nitrogens with two attached hydrogens (primary N) is 1. The number of carbonyl (C=O) groups is 1. The zero-order valence-corrected chi connectivity index (χ0v) is 12.7. The summed E-state index contributed by atoms with van der Waals surface area (Å²) in [6.07, 6.45) is 0. The summed E-state index contributed by atoms with van der Waals surface area (Å²) in [5.74, 6) is 0.851. The highest BCUT2D eigenvalue weighted by atomic mass is 35.5. The zero-order chi connectivity index (χ0) is 15.1. The van der Waals surface area contributed by atoms with E-state index in [0.717, 1.165) is 11.0 Å². The Kier molecular flexibility index (Phi) is 3.65. The van der Waals surface area contributed by atoms with Crippen LogP contribution in [0.3, 0.4) is 0 Å². The van der Waals surface area contributed by atoms with Gasteiger partial charge in [0.1, 0.15) is 17.1 Å². The van der Waals surface area contributed by atoms with E-state index in [1.807, 2.05) is 25.1 Å². The quantitative estimate of drug-likeness (QED) is 0.881. The van der Waals surface area contributed by atoms with Gasteiger partial charge in [0.25, 0.3) is 0 Å². The number of primary amides is 1. The number of fused-ring (bicyclic) bond motifs is 1. The molecule has 1 amide bonds. The second-order valence-corrected chi connectivity index (χ2v) is 5.85. The van der Waals surface area contributed by atoms with Crippen LogP contribution in [0.2, 0.25) is 0 Å². The number of nitrogens with zero attached hydrogens (tertiary/aromatic N) is 2. The van der Waals surface area contributed by atoms with Crippen LogP contribution in [0.1, 0.15) is 32.0 Å². The van der Waals surface area contributed by atoms with Crippen molar-refractivity contribution >= 4 is 28.5 Å². The highest BCUT2D eigenvalue weighted by Gasteiger charge is 2.32. The van der Waals surface area contributed by atoms with Crippen molar-refractivity contribution in [2.75, 3.05) is 7.11 Å². The normalized spacial score (nSPS) is 13.4. The van der Waals surface area contributed by atoms with Crippen molar-refractivity contribution < 1.29 is 9.53 Å². The molecule has 0 aliphatic carbocycles. The van der Waals surface area contributed by atoms with Gasteiger partial charge in [0.15, 0.2) is 0 Å². The molecular weight excluding hydrogens is 278 g/mol. The number of hydrogen-bond donors (Lipinski definition) is 1. The fraction of sp³-hybridized carbons (Fsp3) is 0.429. The van der Waals surface area contributed by atoms with Crippen molar-refractivity contribution in [1.29, 1.82) is 0 Å². The molecule has 0 radical (unpaired) electrons. The van der Waals surface area contributed by atoms with Crippen LogP contribution in [0.25, 0.3) is 11.0 Å². The number of benzene rings is 1. The van der Waals surface area contributed by atoms with Gasteiger partial charge in [0.05, 0.1) is 23.5 Å². The molecule has 0 fully saturated rings. The molecule has 2 rings (SSSR count). The van der Waals surface area contributed by atoms with Crippen LogP contribution in [0.4, 0.5) is 0 Å². The summed E-state index contributed by atoms with van der Waals surface area (Å²) in [6, 6.07) is 5.49. The largest absolute Gasteiger partial charge is 0.497 e. The Morgan fingerprint density at radius 2 is 2.15 bits per heavy atom. The van der Waals surface area contributed by atoms with E-state index in [9.17, 15) is 4.79 Å². The molecular formula is C14H18ClN3O2. The average Bonchev–Trinajstić information content (AvgIpc) is 2.77. The third-order valence-corrected chi connectivity index (χ3v) is 3.60. The fourth-order valence-electron chi connectivity index (χ4n) is 2.17. The third-order valence-electron chi connectivity index (χ3n) is 3.41. The Morgan fingerprint density at radius 3 is 2.65 bits per heavy atom. The van der Waals surface area contributed by atoms with Gasteiger partial charge in [-0.3, -0.25) is 4.79 Å². The van der Waals surface area contributed by atoms with E-state index in [0.29, 0.717) is 11.6 Å². The topological polar surface area (TPSA) is 70.1 Å². The summed E-state index contributed by atoms with van der Waals surface area (Å²) in [7, 11) is 1.59. The molecule has 1 unspecified atom stereocenters. The Balaban J connectivity index is 2.83. The van der Waals surface area contributed by atoms with Crippen molar-refractivity contribution in [3.8, 4) is 5.75 Å². The van der Waals surface area contributed by atoms with Crippen LogP contribution in [0.15, 0.2) is 18.2 Å². The summed E-state index contributed by atoms with van der Waals surface area (Å²) < 4.78 is 7.01. The molecule has 6 heteroatoms. The highest BCUT2D eigenvalue weighted by Crippen LogP contribution is 2.32. The van der Waals surface area contributed by atoms with Gasteiger partial charge in [-0.1, -0.05) is 0 Å². The maximum Gasteiger partial charge on any atom is 0.243 e. The molecule has 0 aliphatic heterocycles. The molecule has 0 spiro atoms. The van der Waals surface area contributed by atoms with Crippen LogP contribution < -0.4 is 10.5 Å². The number of imidazole rings is 1. The number of rotatable bonds is 4. The number of alkyl halides is 1. The van der Waals surface area contributed by atoms with Crippen molar-refractivity contribution in [2.24, 2.45) is 5.73 Å². The molecule has 0 saturated heterocycles. The summed E-state index contributed by atoms with van der Waals surface area (Å²) in [6.45, 7) is 5.31. The first-order chi connectivity index (χ1) is 9.28. The number of amides is 1. The SMILES string of the molecule is COc1ccc2nc(C(C)Cl)n(C(C)(C)C(N)=O)c2c1. The summed E-state index contributed by atoms with van der Waals surface area (Å²) >= 11 is 6.20. The van der Waals surface area contributed by atoms with Crippen molar-refractivity contribution in [3.05, 3.63) is 24.0 Å². The molecule has 2 aromatic rings. The van der Waals surface area contributed by atoms with Gasteiger partial charge >= 0.3 is 0 Å². The monoisotopic (exact) mass is 295 g/mol. The van der Waals surface area contributed by atoms with E-state index in [1.165, 1.54) is 0 Å². The summed E-state index contributed by atoms with van der Waals surface area (Å²) in [5, 5.41) is -0.341. The van der Waals surface area contributed by atoms with Crippen LogP contribution in [0.5, 0.6) is 5.75 Å². The van der Waals surface area contributed by atoms with Gasteiger partial charge in [-0.15, -0.1) is 11.6 Å². The van der Waals surface area contributed by atoms with E-state index in [4.69, 9.17) is 22.1 Å². The first-order valence-corrected chi connectivity index (χ1v) is 6.73. The standard InChI is InChI=1S/C14H18ClN3O2/c1-8(15)12-17-10-6-5-9(20-4)7-11(10)18(12)14(2,3)13(16)19/h5-8H,1-4H3,(H2,16,19). The number of carbonyl (C=O) groups excluding carboxylic acids is 1. The number of aromatic nitrogens is 2. The van der Waals surface area contributed by atoms with Crippen molar-refractivity contribution in [2.45, 2.75) is 31.7 Å². The Hall–Kier alpha value is -1.75. The summed E-state index contributed by atoms with van der Waals surface area (Å²) in [5.41, 5.74) is 6.13. The maximum absolute atomic E-state index is 11.8. The van der Waals surface area contributed by atoms with Crippen molar-refractivity contribution in [3.63, 3.8) is 0 Å². The van der Waals surface area contributed by atoms with Gasteiger partial charge < -0.3 is 15.0 Å². The lowest BCUT2D eigenvalue weighted by molar-refractivity contribution is -0.125. The van der Waals surface area contributed by atoms with Crippen molar-refractivity contribution in [1.82, 2.24) is 9.55 Å². The molecule has 5 nitrogen and oxygen atoms in total. The second-order valence-electron chi connectivity index (χ2n) is 5.20. The van der Waals surface area contributed by atoms with E-state index < -0.39 is 11.4 Å². The predicted molar refractivity (Wildman–Crippen MR) is 79.1 cm³/mol. The molecule has 0 saturated carbocycles. The Morgan fingerprint density at radius 1 is 1.50 bits per heavy atom. The first kappa shape index (κ1) is 14.7. The third kappa shape index (κ3) is 2.22. The molecule has 20 heavy (non-hydrogen) atoms. The molecule has 1 aromatic carbocycles. The second kappa shape index (κ2) is 4.98. The Bertz CT molecular complexity index is 662. The molecule has 1 heterocycles. The minimum absolute atomic E-state index is 0.341. The van der Waals surface area contributed by atoms with Crippen LogP contribution >= 0.6 is 11.6 Å². The Labute approximate surface area is 122 Å². The molecule has 1 atom stereocenters. The molecule has 108 valence electrons. The first-order valence-electron chi connectivity index (χ1n) is 6.30. The summed E-state index contributed by atoms with van der Waals surface area (Å²) in [4.78, 5) is 16.3. The molecule has 2 N–H and O–H groups in total. The van der Waals surface area contributed by atoms with Gasteiger partial charge in [-0.2, -0.15) is 0 Å². The molecule has 0 bridgehead atoms. The molecule has 1 aromatic heterocycles. The highest BCUT2D eigenvalue weighted by molar-refractivity contribution is 6.20. The number of halogens is 1. The van der Waals surface area contributed by atoms with Gasteiger partial charge in [-0.05, 0) is 32.9 Å². The maximum atomic E-state index is 11.8. The average molecular weight is 296 g/mol. The number of ether oxygens (including phenoxy) is 1. The van der Waals surface area contributed by atoms with Gasteiger partial charge in [0, 0.05) is 6.07 Å². The van der Waals surface area contributed by atoms with E-state index >= 15 is 0 Å². The smallest absolute Gasteiger partial charge is 0.243 e. The van der Waals surface area contributed by atoms with Crippen LogP contribution in [-0.2, 0) is 10.3 Å². The lowest BCUT2D eigenvalue weighted by atomic mass is 10.0. The van der Waals surface area contributed by atoms with Gasteiger partial charge in [0.2, 0.25) is 5.91 Å². The lowest BCUT2D eigenvalue weighted by Crippen LogP contribution is -2.42. The zero-order valence-electron chi connectivity index (χ0n) is 12.0. The van der Waals surface area contributed by atoms with Crippen LogP contribution in [-0.4, -0.2) is 22.6 Å². The predicted octanol–water partition coefficient (Wildman–Crippen LogP) is 2.57. The minimum atomic E-state index is -0.931. The van der Waals surface area contributed by atoms with E-state index in [2.05, 4.69) is 4.98 Å². The van der Waals surface area contributed by atoms with E-state index in [1.54, 1.807) is 25.5 Å².